The molecule has 42 heavy (non-hydrogen) atoms. The number of benzene rings is 2. The number of aliphatic carboxylic acids is 1. The first-order chi connectivity index (χ1) is 19.6. The molecular weight excluding hydrogens is 586 g/mol. The highest BCUT2D eigenvalue weighted by atomic mass is 33.1. The van der Waals surface area contributed by atoms with Crippen LogP contribution in [0.25, 0.3) is 0 Å². The highest BCUT2D eigenvalue weighted by Gasteiger charge is 2.55. The maximum Gasteiger partial charge on any atom is 0.408 e. The van der Waals surface area contributed by atoms with Crippen molar-refractivity contribution >= 4 is 43.5 Å². The molecule has 3 N–H and O–H groups in total. The predicted molar refractivity (Wildman–Crippen MR) is 154 cm³/mol. The lowest BCUT2D eigenvalue weighted by Crippen LogP contribution is -2.70. The Balaban J connectivity index is 1.98. The second kappa shape index (κ2) is 12.9. The molecule has 0 bridgehead atoms. The first-order valence-electron chi connectivity index (χ1n) is 12.7. The number of ether oxygens (including phenoxy) is 2. The smallest absolute Gasteiger partial charge is 0.408 e. The second-order valence-corrected chi connectivity index (χ2v) is 14.3. The molecule has 2 aromatic carbocycles. The van der Waals surface area contributed by atoms with Crippen LogP contribution in [0.5, 0.6) is 0 Å². The van der Waals surface area contributed by atoms with E-state index in [1.165, 1.54) is 26.2 Å². The SMILES string of the molecule is CO/C(C)=C(\C(=O)O)N1C(=O)C(NC(=O)C(NC(=O)OC(C)(C)C)c2ccccc2)C1SS(=O)(=O)c1ccc(C)cc1. The van der Waals surface area contributed by atoms with Gasteiger partial charge in [-0.2, -0.15) is 0 Å². The number of carboxylic acid groups (broad SMARTS) is 1. The van der Waals surface area contributed by atoms with Crippen molar-refractivity contribution in [2.45, 2.75) is 62.6 Å². The molecule has 226 valence electrons. The summed E-state index contributed by atoms with van der Waals surface area (Å²) in [7, 11) is -2.62. The number of carbonyl (C=O) groups excluding carboxylic acids is 3. The molecule has 0 saturated carbocycles. The maximum atomic E-state index is 13.5. The topological polar surface area (TPSA) is 168 Å². The Labute approximate surface area is 247 Å². The molecule has 2 aromatic rings. The number of rotatable bonds is 10. The Morgan fingerprint density at radius 1 is 1.05 bits per heavy atom. The number of aryl methyl sites for hydroxylation is 1. The Morgan fingerprint density at radius 2 is 1.64 bits per heavy atom. The first kappa shape index (κ1) is 32.5. The third kappa shape index (κ3) is 7.62. The minimum absolute atomic E-state index is 0.0689. The van der Waals surface area contributed by atoms with Gasteiger partial charge in [0.15, 0.2) is 5.70 Å². The van der Waals surface area contributed by atoms with Gasteiger partial charge in [0.1, 0.15) is 28.8 Å². The monoisotopic (exact) mass is 619 g/mol. The van der Waals surface area contributed by atoms with Crippen LogP contribution in [0.1, 0.15) is 44.9 Å². The predicted octanol–water partition coefficient (Wildman–Crippen LogP) is 3.30. The molecular formula is C28H33N3O9S2. The van der Waals surface area contributed by atoms with Crippen molar-refractivity contribution in [3.8, 4) is 0 Å². The zero-order valence-corrected chi connectivity index (χ0v) is 25.5. The lowest BCUT2D eigenvalue weighted by atomic mass is 10.0. The zero-order valence-electron chi connectivity index (χ0n) is 23.9. The van der Waals surface area contributed by atoms with E-state index < -0.39 is 61.5 Å². The van der Waals surface area contributed by atoms with E-state index in [2.05, 4.69) is 10.6 Å². The fourth-order valence-electron chi connectivity index (χ4n) is 3.95. The van der Waals surface area contributed by atoms with Gasteiger partial charge >= 0.3 is 12.1 Å². The second-order valence-electron chi connectivity index (χ2n) is 10.4. The molecule has 1 aliphatic rings. The van der Waals surface area contributed by atoms with E-state index in [0.29, 0.717) is 16.4 Å². The Hall–Kier alpha value is -4.04. The average Bonchev–Trinajstić information content (AvgIpc) is 2.91. The molecule has 3 amide bonds. The van der Waals surface area contributed by atoms with Gasteiger partial charge in [-0.3, -0.25) is 14.5 Å². The van der Waals surface area contributed by atoms with Gasteiger partial charge < -0.3 is 25.2 Å². The molecule has 0 radical (unpaired) electrons. The number of amides is 3. The summed E-state index contributed by atoms with van der Waals surface area (Å²) in [6.07, 6.45) is -0.896. The zero-order chi connectivity index (χ0) is 31.4. The van der Waals surface area contributed by atoms with Crippen molar-refractivity contribution in [2.75, 3.05) is 7.11 Å². The van der Waals surface area contributed by atoms with Crippen LogP contribution in [0.15, 0.2) is 70.9 Å². The van der Waals surface area contributed by atoms with Gasteiger partial charge in [0.25, 0.3) is 5.91 Å². The largest absolute Gasteiger partial charge is 0.499 e. The minimum Gasteiger partial charge on any atom is -0.499 e. The van der Waals surface area contributed by atoms with E-state index >= 15 is 0 Å². The molecule has 1 saturated heterocycles. The third-order valence-corrected chi connectivity index (χ3v) is 9.73. The molecule has 14 heteroatoms. The van der Waals surface area contributed by atoms with Crippen LogP contribution < -0.4 is 10.6 Å². The summed E-state index contributed by atoms with van der Waals surface area (Å²) in [6.45, 7) is 8.05. The summed E-state index contributed by atoms with van der Waals surface area (Å²) in [5, 5.41) is 13.5. The Morgan fingerprint density at radius 3 is 2.17 bits per heavy atom. The van der Waals surface area contributed by atoms with Crippen LogP contribution in [0.4, 0.5) is 4.79 Å². The minimum atomic E-state index is -4.14. The molecule has 3 unspecified atom stereocenters. The number of allylic oxidation sites excluding steroid dienone is 1. The van der Waals surface area contributed by atoms with Crippen LogP contribution >= 0.6 is 10.8 Å². The van der Waals surface area contributed by atoms with Crippen LogP contribution in [-0.4, -0.2) is 66.4 Å². The van der Waals surface area contributed by atoms with Crippen molar-refractivity contribution in [1.29, 1.82) is 0 Å². The third-order valence-electron chi connectivity index (χ3n) is 6.02. The maximum absolute atomic E-state index is 13.5. The molecule has 12 nitrogen and oxygen atoms in total. The number of methoxy groups -OCH3 is 1. The molecule has 0 aromatic heterocycles. The van der Waals surface area contributed by atoms with Crippen LogP contribution in [0.2, 0.25) is 0 Å². The molecule has 3 rings (SSSR count). The van der Waals surface area contributed by atoms with E-state index in [1.54, 1.807) is 70.2 Å². The molecule has 1 aliphatic heterocycles. The van der Waals surface area contributed by atoms with E-state index in [-0.39, 0.29) is 10.7 Å². The number of hydrogen-bond acceptors (Lipinski definition) is 9. The van der Waals surface area contributed by atoms with Crippen molar-refractivity contribution in [1.82, 2.24) is 15.5 Å². The van der Waals surface area contributed by atoms with E-state index in [0.717, 1.165) is 10.5 Å². The molecule has 1 heterocycles. The fraction of sp³-hybridized carbons (Fsp3) is 0.357. The van der Waals surface area contributed by atoms with Crippen molar-refractivity contribution in [3.63, 3.8) is 0 Å². The number of hydrogen-bond donors (Lipinski definition) is 3. The number of nitrogens with zero attached hydrogens (tertiary/aromatic N) is 1. The summed E-state index contributed by atoms with van der Waals surface area (Å²) in [5.74, 6) is -3.39. The lowest BCUT2D eigenvalue weighted by molar-refractivity contribution is -0.151. The lowest BCUT2D eigenvalue weighted by Gasteiger charge is -2.46. The first-order valence-corrected chi connectivity index (χ1v) is 15.6. The Bertz CT molecular complexity index is 1480. The Kier molecular flexibility index (Phi) is 9.94. The highest BCUT2D eigenvalue weighted by molar-refractivity contribution is 8.72. The number of β-lactam (4-membered cyclic amide) rings is 1. The number of carbonyl (C=O) groups is 4. The average molecular weight is 620 g/mol. The van der Waals surface area contributed by atoms with Gasteiger partial charge in [0, 0.05) is 10.8 Å². The number of likely N-dealkylation sites (tertiary alicyclic amines) is 1. The summed E-state index contributed by atoms with van der Waals surface area (Å²) in [6, 6.07) is 11.4. The highest BCUT2D eigenvalue weighted by Crippen LogP contribution is 2.40. The van der Waals surface area contributed by atoms with Crippen LogP contribution in [0, 0.1) is 6.92 Å². The van der Waals surface area contributed by atoms with Gasteiger partial charge in [-0.05, 0) is 52.3 Å². The molecule has 1 fully saturated rings. The molecule has 0 aliphatic carbocycles. The van der Waals surface area contributed by atoms with Gasteiger partial charge in [-0.1, -0.05) is 48.0 Å². The van der Waals surface area contributed by atoms with Crippen molar-refractivity contribution < 1.29 is 42.2 Å². The number of carboxylic acids is 1. The van der Waals surface area contributed by atoms with Gasteiger partial charge in [-0.15, -0.1) is 0 Å². The standard InChI is InChI=1S/C28H33N3O9S2/c1-16-12-14-19(15-13-16)42(37,38)41-25-21(24(33)31(25)22(26(34)35)17(2)39-6)29-23(32)20(18-10-8-7-9-11-18)30-27(36)40-28(3,4)5/h7-15,20-21,25H,1-6H3,(H,29,32)(H,30,36)(H,34,35)/b22-17+. The summed E-state index contributed by atoms with van der Waals surface area (Å²) in [4.78, 5) is 52.3. The van der Waals surface area contributed by atoms with Crippen molar-refractivity contribution in [3.05, 3.63) is 77.2 Å². The van der Waals surface area contributed by atoms with Crippen LogP contribution in [-0.2, 0) is 32.7 Å². The van der Waals surface area contributed by atoms with Crippen molar-refractivity contribution in [2.24, 2.45) is 0 Å². The van der Waals surface area contributed by atoms with E-state index in [4.69, 9.17) is 9.47 Å². The quantitative estimate of drug-likeness (QED) is 0.155. The summed E-state index contributed by atoms with van der Waals surface area (Å²) < 4.78 is 37.0. The summed E-state index contributed by atoms with van der Waals surface area (Å²) in [5.41, 5.74) is -0.254. The fourth-order valence-corrected chi connectivity index (χ4v) is 7.42. The van der Waals surface area contributed by atoms with Gasteiger partial charge in [0.2, 0.25) is 14.8 Å². The molecule has 0 spiro atoms. The van der Waals surface area contributed by atoms with Gasteiger partial charge in [-0.25, -0.2) is 18.0 Å². The number of nitrogens with one attached hydrogen (secondary N) is 2. The normalized spacial score (nSPS) is 18.2. The van der Waals surface area contributed by atoms with Gasteiger partial charge in [0.05, 0.1) is 12.0 Å². The van der Waals surface area contributed by atoms with E-state index in [1.807, 2.05) is 0 Å². The summed E-state index contributed by atoms with van der Waals surface area (Å²) >= 11 is 0. The van der Waals surface area contributed by atoms with E-state index in [9.17, 15) is 32.7 Å². The van der Waals surface area contributed by atoms with Crippen LogP contribution in [0.3, 0.4) is 0 Å². The number of alkyl carbamates (subject to hydrolysis) is 1. The molecule has 3 atom stereocenters.